The third-order valence-corrected chi connectivity index (χ3v) is 4.22. The van der Waals surface area contributed by atoms with Gasteiger partial charge in [0.05, 0.1) is 17.7 Å². The smallest absolute Gasteiger partial charge is 0.244 e. The molecule has 2 aromatic rings. The van der Waals surface area contributed by atoms with Crippen molar-refractivity contribution >= 4 is 42.1 Å². The standard InChI is InChI=1S/C15H19N3OS.2ClH/c1-10-4-6-12(7-5-10)14(16)15(19)18(3)8-13-11(2)17-9-20-13;;/h4-7,9,14H,8,16H2,1-3H3;2*1H. The van der Waals surface area contributed by atoms with Crippen LogP contribution in [0.25, 0.3) is 0 Å². The van der Waals surface area contributed by atoms with Crippen molar-refractivity contribution < 1.29 is 4.79 Å². The minimum Gasteiger partial charge on any atom is -0.339 e. The van der Waals surface area contributed by atoms with Gasteiger partial charge in [0.15, 0.2) is 0 Å². The summed E-state index contributed by atoms with van der Waals surface area (Å²) in [4.78, 5) is 19.3. The molecule has 7 heteroatoms. The van der Waals surface area contributed by atoms with Gasteiger partial charge >= 0.3 is 0 Å². The molecule has 1 heterocycles. The van der Waals surface area contributed by atoms with Gasteiger partial charge in [0.1, 0.15) is 6.04 Å². The van der Waals surface area contributed by atoms with Crippen LogP contribution in [0.4, 0.5) is 0 Å². The highest BCUT2D eigenvalue weighted by molar-refractivity contribution is 7.09. The molecule has 4 nitrogen and oxygen atoms in total. The summed E-state index contributed by atoms with van der Waals surface area (Å²) in [6, 6.07) is 7.13. The monoisotopic (exact) mass is 361 g/mol. The summed E-state index contributed by atoms with van der Waals surface area (Å²) in [6.07, 6.45) is 0. The van der Waals surface area contributed by atoms with E-state index in [2.05, 4.69) is 4.98 Å². The van der Waals surface area contributed by atoms with Crippen molar-refractivity contribution in [2.24, 2.45) is 5.73 Å². The van der Waals surface area contributed by atoms with Gasteiger partial charge in [-0.2, -0.15) is 0 Å². The molecular formula is C15H21Cl2N3OS. The first-order chi connectivity index (χ1) is 9.49. The lowest BCUT2D eigenvalue weighted by Crippen LogP contribution is -2.35. The Hall–Kier alpha value is -1.14. The highest BCUT2D eigenvalue weighted by Gasteiger charge is 2.20. The molecule has 0 radical (unpaired) electrons. The average Bonchev–Trinajstić information content (AvgIpc) is 2.83. The van der Waals surface area contributed by atoms with Crippen molar-refractivity contribution in [3.8, 4) is 0 Å². The maximum atomic E-state index is 12.4. The number of rotatable bonds is 4. The quantitative estimate of drug-likeness (QED) is 0.908. The lowest BCUT2D eigenvalue weighted by Gasteiger charge is -2.21. The highest BCUT2D eigenvalue weighted by Crippen LogP contribution is 2.18. The number of carbonyl (C=O) groups is 1. The lowest BCUT2D eigenvalue weighted by molar-refractivity contribution is -0.131. The van der Waals surface area contributed by atoms with E-state index in [9.17, 15) is 4.79 Å². The minimum atomic E-state index is -0.617. The summed E-state index contributed by atoms with van der Waals surface area (Å²) in [6.45, 7) is 4.51. The number of benzene rings is 1. The first-order valence-electron chi connectivity index (χ1n) is 6.45. The van der Waals surface area contributed by atoms with Crippen LogP contribution in [0, 0.1) is 13.8 Å². The molecule has 1 aromatic heterocycles. The van der Waals surface area contributed by atoms with Gasteiger partial charge in [-0.25, -0.2) is 4.98 Å². The second kappa shape index (κ2) is 9.10. The summed E-state index contributed by atoms with van der Waals surface area (Å²) in [5.74, 6) is -0.0818. The average molecular weight is 362 g/mol. The molecule has 0 fully saturated rings. The van der Waals surface area contributed by atoms with E-state index in [-0.39, 0.29) is 30.7 Å². The molecule has 0 spiro atoms. The minimum absolute atomic E-state index is 0. The van der Waals surface area contributed by atoms with Crippen LogP contribution in [-0.4, -0.2) is 22.8 Å². The fraction of sp³-hybridized carbons (Fsp3) is 0.333. The van der Waals surface area contributed by atoms with Crippen LogP contribution < -0.4 is 5.73 Å². The number of aryl methyl sites for hydroxylation is 2. The topological polar surface area (TPSA) is 59.2 Å². The first-order valence-corrected chi connectivity index (χ1v) is 7.33. The van der Waals surface area contributed by atoms with Gasteiger partial charge in [0.25, 0.3) is 0 Å². The molecular weight excluding hydrogens is 341 g/mol. The van der Waals surface area contributed by atoms with Crippen LogP contribution in [0.3, 0.4) is 0 Å². The van der Waals surface area contributed by atoms with Gasteiger partial charge in [0, 0.05) is 11.9 Å². The molecule has 0 aliphatic heterocycles. The Kier molecular flexibility index (Phi) is 8.63. The second-order valence-corrected chi connectivity index (χ2v) is 5.88. The van der Waals surface area contributed by atoms with Crippen LogP contribution in [0.15, 0.2) is 29.8 Å². The molecule has 1 aromatic carbocycles. The molecule has 0 bridgehead atoms. The van der Waals surface area contributed by atoms with Crippen molar-refractivity contribution in [1.82, 2.24) is 9.88 Å². The van der Waals surface area contributed by atoms with E-state index in [1.54, 1.807) is 28.8 Å². The Morgan fingerprint density at radius 2 is 1.86 bits per heavy atom. The second-order valence-electron chi connectivity index (χ2n) is 4.94. The highest BCUT2D eigenvalue weighted by atomic mass is 35.5. The number of hydrogen-bond donors (Lipinski definition) is 1. The zero-order chi connectivity index (χ0) is 14.7. The number of amides is 1. The number of nitrogens with zero attached hydrogens (tertiary/aromatic N) is 2. The molecule has 122 valence electrons. The molecule has 1 atom stereocenters. The predicted octanol–water partition coefficient (Wildman–Crippen LogP) is 3.26. The van der Waals surface area contributed by atoms with Gasteiger partial charge in [-0.15, -0.1) is 36.2 Å². The van der Waals surface area contributed by atoms with Gasteiger partial charge in [-0.05, 0) is 19.4 Å². The van der Waals surface area contributed by atoms with Crippen LogP contribution in [0.1, 0.15) is 27.7 Å². The van der Waals surface area contributed by atoms with E-state index >= 15 is 0 Å². The largest absolute Gasteiger partial charge is 0.339 e. The molecule has 1 amide bonds. The SMILES string of the molecule is Cc1ccc(C(N)C(=O)N(C)Cc2scnc2C)cc1.Cl.Cl. The van der Waals surface area contributed by atoms with Gasteiger partial charge < -0.3 is 10.6 Å². The van der Waals surface area contributed by atoms with Crippen molar-refractivity contribution in [1.29, 1.82) is 0 Å². The van der Waals surface area contributed by atoms with Crippen LogP contribution in [0.5, 0.6) is 0 Å². The number of hydrogen-bond acceptors (Lipinski definition) is 4. The van der Waals surface area contributed by atoms with E-state index in [1.165, 1.54) is 0 Å². The van der Waals surface area contributed by atoms with Gasteiger partial charge in [0.2, 0.25) is 5.91 Å². The number of thiazole rings is 1. The van der Waals surface area contributed by atoms with Crippen LogP contribution in [-0.2, 0) is 11.3 Å². The summed E-state index contributed by atoms with van der Waals surface area (Å²) in [5.41, 5.74) is 10.8. The number of aromatic nitrogens is 1. The third kappa shape index (κ3) is 4.95. The normalized spacial score (nSPS) is 11.1. The van der Waals surface area contributed by atoms with E-state index < -0.39 is 6.04 Å². The van der Waals surface area contributed by atoms with E-state index in [0.717, 1.165) is 21.7 Å². The molecule has 2 N–H and O–H groups in total. The zero-order valence-electron chi connectivity index (χ0n) is 12.8. The zero-order valence-corrected chi connectivity index (χ0v) is 15.2. The fourth-order valence-electron chi connectivity index (χ4n) is 1.93. The Morgan fingerprint density at radius 3 is 2.36 bits per heavy atom. The van der Waals surface area contributed by atoms with Crippen LogP contribution >= 0.6 is 36.2 Å². The Morgan fingerprint density at radius 1 is 1.27 bits per heavy atom. The first kappa shape index (κ1) is 20.9. The van der Waals surface area contributed by atoms with Gasteiger partial charge in [-0.1, -0.05) is 29.8 Å². The Bertz CT molecular complexity index is 601. The van der Waals surface area contributed by atoms with Crippen LogP contribution in [0.2, 0.25) is 0 Å². The number of nitrogens with two attached hydrogens (primary N) is 1. The lowest BCUT2D eigenvalue weighted by atomic mass is 10.0. The van der Waals surface area contributed by atoms with E-state index in [1.807, 2.05) is 38.1 Å². The molecule has 0 saturated heterocycles. The molecule has 2 rings (SSSR count). The third-order valence-electron chi connectivity index (χ3n) is 3.30. The Balaban J connectivity index is 0.00000220. The fourth-order valence-corrected chi connectivity index (χ4v) is 2.75. The number of carbonyl (C=O) groups excluding carboxylic acids is 1. The molecule has 0 aliphatic carbocycles. The van der Waals surface area contributed by atoms with Crippen molar-refractivity contribution in [3.05, 3.63) is 51.5 Å². The molecule has 0 saturated carbocycles. The Labute approximate surface area is 147 Å². The van der Waals surface area contributed by atoms with Crippen molar-refractivity contribution in [2.45, 2.75) is 26.4 Å². The van der Waals surface area contributed by atoms with Gasteiger partial charge in [-0.3, -0.25) is 4.79 Å². The van der Waals surface area contributed by atoms with E-state index in [0.29, 0.717) is 6.54 Å². The maximum Gasteiger partial charge on any atom is 0.244 e. The summed E-state index contributed by atoms with van der Waals surface area (Å²) in [7, 11) is 1.77. The predicted molar refractivity (Wildman–Crippen MR) is 95.9 cm³/mol. The van der Waals surface area contributed by atoms with Crippen molar-refractivity contribution in [3.63, 3.8) is 0 Å². The van der Waals surface area contributed by atoms with Crippen molar-refractivity contribution in [2.75, 3.05) is 7.05 Å². The summed E-state index contributed by atoms with van der Waals surface area (Å²) >= 11 is 1.56. The number of likely N-dealkylation sites (N-methyl/N-ethyl adjacent to an activating group) is 1. The molecule has 0 aliphatic rings. The van der Waals surface area contributed by atoms with E-state index in [4.69, 9.17) is 5.73 Å². The molecule has 22 heavy (non-hydrogen) atoms. The summed E-state index contributed by atoms with van der Waals surface area (Å²) in [5, 5.41) is 0. The molecule has 1 unspecified atom stereocenters. The summed E-state index contributed by atoms with van der Waals surface area (Å²) < 4.78 is 0. The number of halogens is 2. The maximum absolute atomic E-state index is 12.4.